The summed E-state index contributed by atoms with van der Waals surface area (Å²) in [6, 6.07) is 15.2. The molecule has 0 atom stereocenters. The van der Waals surface area contributed by atoms with Gasteiger partial charge in [0.2, 0.25) is 5.82 Å². The number of benzene rings is 2. The van der Waals surface area contributed by atoms with Crippen molar-refractivity contribution in [3.8, 4) is 27.8 Å². The van der Waals surface area contributed by atoms with Crippen molar-refractivity contribution in [1.29, 1.82) is 0 Å². The van der Waals surface area contributed by atoms with E-state index in [1.807, 2.05) is 56.5 Å². The molecule has 3 heterocycles. The van der Waals surface area contributed by atoms with Gasteiger partial charge in [0, 0.05) is 5.92 Å². The Hall–Kier alpha value is -4.18. The van der Waals surface area contributed by atoms with Gasteiger partial charge in [0.05, 0.1) is 21.8 Å². The molecule has 2 aromatic carbocycles. The molecule has 0 fully saturated rings. The van der Waals surface area contributed by atoms with Crippen LogP contribution in [0.5, 0.6) is 0 Å². The molecule has 5 aromatic rings. The summed E-state index contributed by atoms with van der Waals surface area (Å²) in [4.78, 5) is 23.1. The average Bonchev–Trinajstić information content (AvgIpc) is 3.61. The van der Waals surface area contributed by atoms with E-state index in [2.05, 4.69) is 25.5 Å². The van der Waals surface area contributed by atoms with Crippen LogP contribution < -0.4 is 5.32 Å². The Balaban J connectivity index is 1.52. The zero-order chi connectivity index (χ0) is 24.5. The van der Waals surface area contributed by atoms with Crippen molar-refractivity contribution in [2.75, 3.05) is 5.32 Å². The maximum Gasteiger partial charge on any atom is 0.295 e. The number of amides is 1. The second-order valence-electron chi connectivity index (χ2n) is 8.19. The number of para-hydroxylation sites is 1. The minimum Gasteiger partial charge on any atom is -0.334 e. The van der Waals surface area contributed by atoms with Gasteiger partial charge in [-0.3, -0.25) is 4.79 Å². The molecule has 8 nitrogen and oxygen atoms in total. The molecule has 0 radical (unpaired) electrons. The minimum absolute atomic E-state index is 0.0275. The summed E-state index contributed by atoms with van der Waals surface area (Å²) in [6.07, 6.45) is 0. The topological polar surface area (TPSA) is 98.7 Å². The zero-order valence-electron chi connectivity index (χ0n) is 19.2. The largest absolute Gasteiger partial charge is 0.334 e. The van der Waals surface area contributed by atoms with E-state index in [-0.39, 0.29) is 17.6 Å². The summed E-state index contributed by atoms with van der Waals surface area (Å²) in [5.74, 6) is 0.600. The molecule has 176 valence electrons. The molecule has 5 rings (SSSR count). The SMILES string of the molecule is Cc1cccc(-c2nc(C(C)C)no2)c1NC(=O)c1nc(-c2cccs2)n(-c2ccc(F)cc2)n1. The first-order valence-corrected chi connectivity index (χ1v) is 11.8. The molecule has 0 aliphatic heterocycles. The predicted molar refractivity (Wildman–Crippen MR) is 131 cm³/mol. The van der Waals surface area contributed by atoms with Gasteiger partial charge >= 0.3 is 0 Å². The molecule has 0 bridgehead atoms. The second-order valence-corrected chi connectivity index (χ2v) is 9.14. The molecule has 3 aromatic heterocycles. The summed E-state index contributed by atoms with van der Waals surface area (Å²) in [7, 11) is 0. The van der Waals surface area contributed by atoms with Crippen molar-refractivity contribution in [1.82, 2.24) is 24.9 Å². The highest BCUT2D eigenvalue weighted by molar-refractivity contribution is 7.13. The van der Waals surface area contributed by atoms with Crippen molar-refractivity contribution in [3.63, 3.8) is 0 Å². The van der Waals surface area contributed by atoms with Gasteiger partial charge in [-0.05, 0) is 54.3 Å². The van der Waals surface area contributed by atoms with Crippen LogP contribution in [0.3, 0.4) is 0 Å². The van der Waals surface area contributed by atoms with Crippen LogP contribution in [0.25, 0.3) is 27.8 Å². The lowest BCUT2D eigenvalue weighted by atomic mass is 10.1. The lowest BCUT2D eigenvalue weighted by Crippen LogP contribution is -2.16. The quantitative estimate of drug-likeness (QED) is 0.321. The number of hydrogen-bond donors (Lipinski definition) is 1. The monoisotopic (exact) mass is 488 g/mol. The lowest BCUT2D eigenvalue weighted by molar-refractivity contribution is 0.101. The highest BCUT2D eigenvalue weighted by Gasteiger charge is 2.23. The first kappa shape index (κ1) is 22.6. The smallest absolute Gasteiger partial charge is 0.295 e. The van der Waals surface area contributed by atoms with Gasteiger partial charge in [0.25, 0.3) is 11.8 Å². The first-order chi connectivity index (χ1) is 16.9. The summed E-state index contributed by atoms with van der Waals surface area (Å²) < 4.78 is 20.5. The molecule has 35 heavy (non-hydrogen) atoms. The normalized spacial score (nSPS) is 11.2. The van der Waals surface area contributed by atoms with Crippen molar-refractivity contribution >= 4 is 22.9 Å². The number of nitrogens with one attached hydrogen (secondary N) is 1. The highest BCUT2D eigenvalue weighted by atomic mass is 32.1. The van der Waals surface area contributed by atoms with E-state index in [9.17, 15) is 9.18 Å². The number of aromatic nitrogens is 5. The fraction of sp³-hybridized carbons (Fsp3) is 0.160. The molecular weight excluding hydrogens is 467 g/mol. The third-order valence-corrected chi connectivity index (χ3v) is 6.19. The highest BCUT2D eigenvalue weighted by Crippen LogP contribution is 2.31. The van der Waals surface area contributed by atoms with E-state index in [0.29, 0.717) is 34.5 Å². The van der Waals surface area contributed by atoms with Crippen LogP contribution in [0.15, 0.2) is 64.5 Å². The van der Waals surface area contributed by atoms with Crippen molar-refractivity contribution in [3.05, 3.63) is 83.0 Å². The maximum atomic E-state index is 13.5. The Bertz CT molecular complexity index is 1490. The number of rotatable bonds is 6. The maximum absolute atomic E-state index is 13.5. The molecule has 1 amide bonds. The van der Waals surface area contributed by atoms with Crippen molar-refractivity contribution < 1.29 is 13.7 Å². The number of hydrogen-bond acceptors (Lipinski definition) is 7. The number of nitrogens with zero attached hydrogens (tertiary/aromatic N) is 5. The minimum atomic E-state index is -0.497. The number of anilines is 1. The Labute approximate surface area is 204 Å². The molecule has 0 saturated carbocycles. The average molecular weight is 489 g/mol. The Morgan fingerprint density at radius 1 is 1.09 bits per heavy atom. The first-order valence-electron chi connectivity index (χ1n) is 10.9. The Kier molecular flexibility index (Phi) is 5.96. The molecule has 0 unspecified atom stereocenters. The van der Waals surface area contributed by atoms with Crippen LogP contribution in [-0.4, -0.2) is 30.8 Å². The molecule has 0 aliphatic rings. The Morgan fingerprint density at radius 2 is 1.89 bits per heavy atom. The van der Waals surface area contributed by atoms with Crippen LogP contribution in [0.1, 0.15) is 41.8 Å². The van der Waals surface area contributed by atoms with Gasteiger partial charge in [-0.25, -0.2) is 14.1 Å². The van der Waals surface area contributed by atoms with Gasteiger partial charge in [-0.1, -0.05) is 37.2 Å². The van der Waals surface area contributed by atoms with Crippen molar-refractivity contribution in [2.45, 2.75) is 26.7 Å². The van der Waals surface area contributed by atoms with E-state index in [4.69, 9.17) is 4.52 Å². The number of carbonyl (C=O) groups excluding carboxylic acids is 1. The van der Waals surface area contributed by atoms with Gasteiger partial charge in [0.15, 0.2) is 11.6 Å². The standard InChI is InChI=1S/C25H21FN6O2S/c1-14(2)21-29-25(34-31-21)18-7-4-6-15(3)20(18)27-24(33)22-28-23(19-8-5-13-35-19)32(30-22)17-11-9-16(26)10-12-17/h4-14H,1-3H3,(H,27,33). The summed E-state index contributed by atoms with van der Waals surface area (Å²) in [5, 5.41) is 13.3. The number of aryl methyl sites for hydroxylation is 1. The third-order valence-electron chi connectivity index (χ3n) is 5.32. The fourth-order valence-corrected chi connectivity index (χ4v) is 4.19. The molecular formula is C25H21FN6O2S. The van der Waals surface area contributed by atoms with E-state index in [1.54, 1.807) is 12.1 Å². The third kappa shape index (κ3) is 4.47. The number of carbonyl (C=O) groups is 1. The van der Waals surface area contributed by atoms with Crippen LogP contribution >= 0.6 is 11.3 Å². The second kappa shape index (κ2) is 9.22. The lowest BCUT2D eigenvalue weighted by Gasteiger charge is -2.10. The Morgan fingerprint density at radius 3 is 2.57 bits per heavy atom. The van der Waals surface area contributed by atoms with Crippen LogP contribution in [0.2, 0.25) is 0 Å². The van der Waals surface area contributed by atoms with E-state index < -0.39 is 5.91 Å². The number of halogens is 1. The van der Waals surface area contributed by atoms with Crippen molar-refractivity contribution in [2.24, 2.45) is 0 Å². The van der Waals surface area contributed by atoms with E-state index in [1.165, 1.54) is 28.2 Å². The van der Waals surface area contributed by atoms with Crippen LogP contribution in [0.4, 0.5) is 10.1 Å². The summed E-state index contributed by atoms with van der Waals surface area (Å²) in [5.41, 5.74) is 2.54. The molecule has 0 aliphatic carbocycles. The number of thiophene rings is 1. The fourth-order valence-electron chi connectivity index (χ4n) is 3.50. The van der Waals surface area contributed by atoms with Crippen LogP contribution in [-0.2, 0) is 0 Å². The molecule has 10 heteroatoms. The van der Waals surface area contributed by atoms with E-state index in [0.717, 1.165) is 10.4 Å². The predicted octanol–water partition coefficient (Wildman–Crippen LogP) is 5.87. The van der Waals surface area contributed by atoms with Gasteiger partial charge in [-0.2, -0.15) is 4.98 Å². The van der Waals surface area contributed by atoms with Gasteiger partial charge < -0.3 is 9.84 Å². The summed E-state index contributed by atoms with van der Waals surface area (Å²) >= 11 is 1.47. The molecule has 0 spiro atoms. The molecule has 1 N–H and O–H groups in total. The van der Waals surface area contributed by atoms with Crippen LogP contribution in [0, 0.1) is 12.7 Å². The molecule has 0 saturated heterocycles. The van der Waals surface area contributed by atoms with Gasteiger partial charge in [-0.15, -0.1) is 16.4 Å². The summed E-state index contributed by atoms with van der Waals surface area (Å²) in [6.45, 7) is 5.82. The zero-order valence-corrected chi connectivity index (χ0v) is 20.0. The van der Waals surface area contributed by atoms with Gasteiger partial charge in [0.1, 0.15) is 5.82 Å². The van der Waals surface area contributed by atoms with E-state index >= 15 is 0 Å².